The second-order valence-corrected chi connectivity index (χ2v) is 13.1. The largest absolute Gasteiger partial charge is 0.352 e. The van der Waals surface area contributed by atoms with Crippen LogP contribution in [0.2, 0.25) is 0 Å². The molecule has 7 nitrogen and oxygen atoms in total. The number of hydrogen-bond donors (Lipinski definition) is 2. The zero-order chi connectivity index (χ0) is 27.3. The molecule has 37 heavy (non-hydrogen) atoms. The first-order valence-corrected chi connectivity index (χ1v) is 14.2. The van der Waals surface area contributed by atoms with E-state index in [0.717, 1.165) is 19.3 Å². The van der Waals surface area contributed by atoms with Crippen LogP contribution in [-0.4, -0.2) is 50.2 Å². The molecule has 0 spiro atoms. The zero-order valence-electron chi connectivity index (χ0n) is 22.3. The van der Waals surface area contributed by atoms with Crippen LogP contribution < -0.4 is 10.6 Å². The van der Waals surface area contributed by atoms with E-state index in [1.807, 2.05) is 45.9 Å². The highest BCUT2D eigenvalue weighted by atomic mass is 32.2. The highest BCUT2D eigenvalue weighted by molar-refractivity contribution is 7.89. The predicted octanol–water partition coefficient (Wildman–Crippen LogP) is 4.17. The number of benzene rings is 2. The van der Waals surface area contributed by atoms with E-state index in [9.17, 15) is 18.0 Å². The lowest BCUT2D eigenvalue weighted by Crippen LogP contribution is -2.64. The maximum atomic E-state index is 13.5. The molecule has 0 aliphatic carbocycles. The molecule has 0 radical (unpaired) electrons. The van der Waals surface area contributed by atoms with Gasteiger partial charge in [0.15, 0.2) is 0 Å². The molecule has 2 amide bonds. The summed E-state index contributed by atoms with van der Waals surface area (Å²) in [5.41, 5.74) is 0.693. The number of hydrogen-bond acceptors (Lipinski definition) is 4. The number of unbranched alkanes of at least 4 members (excludes halogenated alkanes) is 1. The van der Waals surface area contributed by atoms with E-state index in [0.29, 0.717) is 12.1 Å². The van der Waals surface area contributed by atoms with Gasteiger partial charge in [0, 0.05) is 31.2 Å². The minimum absolute atomic E-state index is 0.145. The van der Waals surface area contributed by atoms with E-state index in [1.165, 1.54) is 28.1 Å². The van der Waals surface area contributed by atoms with Crippen LogP contribution in [0.25, 0.3) is 0 Å². The molecule has 0 saturated carbocycles. The molecule has 2 aromatic rings. The molecule has 0 unspecified atom stereocenters. The molecule has 1 heterocycles. The van der Waals surface area contributed by atoms with E-state index in [4.69, 9.17) is 0 Å². The number of amides is 2. The van der Waals surface area contributed by atoms with E-state index in [-0.39, 0.29) is 35.8 Å². The quantitative estimate of drug-likeness (QED) is 0.360. The van der Waals surface area contributed by atoms with Crippen molar-refractivity contribution in [1.29, 1.82) is 0 Å². The van der Waals surface area contributed by atoms with Crippen molar-refractivity contribution in [3.63, 3.8) is 0 Å². The van der Waals surface area contributed by atoms with Crippen LogP contribution in [0.15, 0.2) is 72.1 Å². The highest BCUT2D eigenvalue weighted by Gasteiger charge is 2.50. The summed E-state index contributed by atoms with van der Waals surface area (Å²) in [6, 6.07) is 16.1. The lowest BCUT2D eigenvalue weighted by atomic mass is 9.67. The fourth-order valence-electron chi connectivity index (χ4n) is 5.30. The third kappa shape index (κ3) is 7.08. The van der Waals surface area contributed by atoms with Crippen molar-refractivity contribution < 1.29 is 18.0 Å². The first-order valence-electron chi connectivity index (χ1n) is 12.7. The Bertz CT molecular complexity index is 1190. The van der Waals surface area contributed by atoms with Gasteiger partial charge in [-0.3, -0.25) is 9.59 Å². The second-order valence-electron chi connectivity index (χ2n) is 11.1. The average Bonchev–Trinajstić information content (AvgIpc) is 2.86. The van der Waals surface area contributed by atoms with Gasteiger partial charge in [0.25, 0.3) is 5.91 Å². The lowest BCUT2D eigenvalue weighted by Gasteiger charge is -2.52. The Balaban J connectivity index is 1.60. The van der Waals surface area contributed by atoms with Gasteiger partial charge in [-0.2, -0.15) is 4.31 Å². The molecule has 1 aliphatic heterocycles. The van der Waals surface area contributed by atoms with Gasteiger partial charge >= 0.3 is 0 Å². The summed E-state index contributed by atoms with van der Waals surface area (Å²) >= 11 is 0. The summed E-state index contributed by atoms with van der Waals surface area (Å²) in [5.74, 6) is -0.489. The van der Waals surface area contributed by atoms with Crippen molar-refractivity contribution in [3.8, 4) is 0 Å². The SMILES string of the molecule is C=CC(=O)NC1C(C)(C)CN(S(=O)(=O)c2ccc(C(=O)NCCCCc3ccccc3)cc2)CC1(C)C. The molecule has 200 valence electrons. The van der Waals surface area contributed by atoms with Gasteiger partial charge in [-0.05, 0) is 66.0 Å². The van der Waals surface area contributed by atoms with Crippen molar-refractivity contribution in [2.24, 2.45) is 10.8 Å². The first-order chi connectivity index (χ1) is 17.4. The van der Waals surface area contributed by atoms with E-state index in [1.54, 1.807) is 12.1 Å². The van der Waals surface area contributed by atoms with Crippen molar-refractivity contribution in [2.45, 2.75) is 57.9 Å². The lowest BCUT2D eigenvalue weighted by molar-refractivity contribution is -0.120. The number of nitrogens with zero attached hydrogens (tertiary/aromatic N) is 1. The molecule has 0 atom stereocenters. The molecule has 0 aromatic heterocycles. The molecule has 2 N–H and O–H groups in total. The maximum Gasteiger partial charge on any atom is 0.251 e. The maximum absolute atomic E-state index is 13.5. The number of nitrogens with one attached hydrogen (secondary N) is 2. The fourth-order valence-corrected chi connectivity index (χ4v) is 7.08. The minimum atomic E-state index is -3.79. The molecule has 0 bridgehead atoms. The van der Waals surface area contributed by atoms with Crippen LogP contribution in [0.3, 0.4) is 0 Å². The standard InChI is InChI=1S/C29H39N3O4S/c1-6-25(33)31-27-28(2,3)20-32(21-29(27,4)5)37(35,36)24-17-15-23(16-18-24)26(34)30-19-11-10-14-22-12-8-7-9-13-22/h6-9,12-13,15-18,27H,1,10-11,14,19-21H2,2-5H3,(H,30,34)(H,31,33). The third-order valence-electron chi connectivity index (χ3n) is 6.98. The predicted molar refractivity (Wildman–Crippen MR) is 147 cm³/mol. The summed E-state index contributed by atoms with van der Waals surface area (Å²) in [4.78, 5) is 24.7. The number of piperidine rings is 1. The van der Waals surface area contributed by atoms with E-state index >= 15 is 0 Å². The fraction of sp³-hybridized carbons (Fsp3) is 0.448. The van der Waals surface area contributed by atoms with Crippen LogP contribution in [0.4, 0.5) is 0 Å². The smallest absolute Gasteiger partial charge is 0.251 e. The van der Waals surface area contributed by atoms with Gasteiger partial charge in [0.2, 0.25) is 15.9 Å². The number of aryl methyl sites for hydroxylation is 1. The Hall–Kier alpha value is -2.97. The van der Waals surface area contributed by atoms with E-state index < -0.39 is 20.9 Å². The first kappa shape index (κ1) is 28.6. The van der Waals surface area contributed by atoms with Crippen LogP contribution in [-0.2, 0) is 21.2 Å². The minimum Gasteiger partial charge on any atom is -0.352 e. The molecule has 2 aromatic carbocycles. The van der Waals surface area contributed by atoms with Crippen molar-refractivity contribution in [1.82, 2.24) is 14.9 Å². The van der Waals surface area contributed by atoms with Crippen LogP contribution in [0, 0.1) is 10.8 Å². The number of sulfonamides is 1. The number of rotatable bonds is 10. The van der Waals surface area contributed by atoms with Crippen molar-refractivity contribution >= 4 is 21.8 Å². The summed E-state index contributed by atoms with van der Waals surface area (Å²) in [6.45, 7) is 12.4. The second kappa shape index (κ2) is 11.6. The Morgan fingerprint density at radius 2 is 1.57 bits per heavy atom. The molecule has 1 saturated heterocycles. The number of carbonyl (C=O) groups excluding carboxylic acids is 2. The molecule has 1 aliphatic rings. The normalized spacial score (nSPS) is 17.6. The van der Waals surface area contributed by atoms with Gasteiger partial charge in [0.1, 0.15) is 0 Å². The van der Waals surface area contributed by atoms with Gasteiger partial charge in [-0.1, -0.05) is 64.6 Å². The van der Waals surface area contributed by atoms with Gasteiger partial charge < -0.3 is 10.6 Å². The Morgan fingerprint density at radius 3 is 2.14 bits per heavy atom. The topological polar surface area (TPSA) is 95.6 Å². The molecular weight excluding hydrogens is 486 g/mol. The third-order valence-corrected chi connectivity index (χ3v) is 8.78. The van der Waals surface area contributed by atoms with Crippen molar-refractivity contribution in [2.75, 3.05) is 19.6 Å². The summed E-state index contributed by atoms with van der Waals surface area (Å²) in [7, 11) is -3.79. The van der Waals surface area contributed by atoms with E-state index in [2.05, 4.69) is 29.3 Å². The molecular formula is C29H39N3O4S. The highest BCUT2D eigenvalue weighted by Crippen LogP contribution is 2.42. The Morgan fingerprint density at radius 1 is 0.973 bits per heavy atom. The number of carbonyl (C=O) groups is 2. The zero-order valence-corrected chi connectivity index (χ0v) is 23.1. The summed E-state index contributed by atoms with van der Waals surface area (Å²) in [5, 5.41) is 5.90. The van der Waals surface area contributed by atoms with Crippen LogP contribution in [0.1, 0.15) is 56.5 Å². The van der Waals surface area contributed by atoms with Gasteiger partial charge in [0.05, 0.1) is 4.90 Å². The monoisotopic (exact) mass is 525 g/mol. The summed E-state index contributed by atoms with van der Waals surface area (Å²) < 4.78 is 28.5. The van der Waals surface area contributed by atoms with Crippen LogP contribution in [0.5, 0.6) is 0 Å². The van der Waals surface area contributed by atoms with Gasteiger partial charge in [-0.25, -0.2) is 8.42 Å². The molecule has 8 heteroatoms. The Kier molecular flexibility index (Phi) is 8.97. The van der Waals surface area contributed by atoms with Crippen molar-refractivity contribution in [3.05, 3.63) is 78.4 Å². The van der Waals surface area contributed by atoms with Gasteiger partial charge in [-0.15, -0.1) is 0 Å². The average molecular weight is 526 g/mol. The summed E-state index contributed by atoms with van der Waals surface area (Å²) in [6.07, 6.45) is 4.04. The Labute approximate surface area is 221 Å². The molecule has 1 fully saturated rings. The van der Waals surface area contributed by atoms with Crippen LogP contribution >= 0.6 is 0 Å². The molecule has 3 rings (SSSR count).